The van der Waals surface area contributed by atoms with E-state index in [2.05, 4.69) is 15.2 Å². The molecule has 0 saturated carbocycles. The minimum absolute atomic E-state index is 0.0845. The smallest absolute Gasteiger partial charge is 0.318 e. The summed E-state index contributed by atoms with van der Waals surface area (Å²) in [6.07, 6.45) is 0.696. The van der Waals surface area contributed by atoms with Gasteiger partial charge in [0.1, 0.15) is 5.82 Å². The van der Waals surface area contributed by atoms with Crippen molar-refractivity contribution in [2.45, 2.75) is 20.3 Å². The number of nitrogens with zero attached hydrogens (tertiary/aromatic N) is 4. The summed E-state index contributed by atoms with van der Waals surface area (Å²) >= 11 is 0. The van der Waals surface area contributed by atoms with E-state index in [-0.39, 0.29) is 11.7 Å². The molecule has 4 rings (SSSR count). The molecule has 3 heterocycles. The zero-order valence-electron chi connectivity index (χ0n) is 14.8. The molecule has 0 aliphatic carbocycles. The average Bonchev–Trinajstić information content (AvgIpc) is 3.25. The fourth-order valence-electron chi connectivity index (χ4n) is 3.35. The van der Waals surface area contributed by atoms with Gasteiger partial charge in [0, 0.05) is 49.2 Å². The Morgan fingerprint density at radius 1 is 1.27 bits per heavy atom. The Labute approximate surface area is 149 Å². The van der Waals surface area contributed by atoms with E-state index >= 15 is 0 Å². The molecule has 1 fully saturated rings. The number of hydrogen-bond donors (Lipinski definition) is 1. The van der Waals surface area contributed by atoms with Crippen LogP contribution in [0.2, 0.25) is 0 Å². The summed E-state index contributed by atoms with van der Waals surface area (Å²) in [5.41, 5.74) is 2.06. The number of carbonyl (C=O) groups excluding carboxylic acids is 1. The SMILES string of the molecule is CCc1nnc(N2CCN(C(=O)c3c(C)[nH]c4ccc(F)cc34)CC2)o1. The van der Waals surface area contributed by atoms with Crippen LogP contribution in [0.15, 0.2) is 22.6 Å². The van der Waals surface area contributed by atoms with Gasteiger partial charge < -0.3 is 19.2 Å². The molecule has 136 valence electrons. The number of anilines is 1. The van der Waals surface area contributed by atoms with Crippen LogP contribution < -0.4 is 4.90 Å². The first-order valence-electron chi connectivity index (χ1n) is 8.71. The number of nitrogens with one attached hydrogen (secondary N) is 1. The van der Waals surface area contributed by atoms with Gasteiger partial charge in [-0.2, -0.15) is 0 Å². The number of rotatable bonds is 3. The van der Waals surface area contributed by atoms with Crippen LogP contribution in [0.5, 0.6) is 0 Å². The summed E-state index contributed by atoms with van der Waals surface area (Å²) in [7, 11) is 0. The lowest BCUT2D eigenvalue weighted by Gasteiger charge is -2.33. The normalized spacial score (nSPS) is 15.0. The summed E-state index contributed by atoms with van der Waals surface area (Å²) in [5, 5.41) is 8.66. The Morgan fingerprint density at radius 2 is 2.04 bits per heavy atom. The molecule has 1 saturated heterocycles. The van der Waals surface area contributed by atoms with Crippen LogP contribution >= 0.6 is 0 Å². The number of carbonyl (C=O) groups is 1. The number of H-pyrrole nitrogens is 1. The number of piperazine rings is 1. The minimum Gasteiger partial charge on any atom is -0.408 e. The van der Waals surface area contributed by atoms with Crippen LogP contribution in [0.1, 0.15) is 28.9 Å². The highest BCUT2D eigenvalue weighted by Gasteiger charge is 2.27. The number of halogens is 1. The van der Waals surface area contributed by atoms with Gasteiger partial charge in [-0.3, -0.25) is 4.79 Å². The molecule has 2 aromatic heterocycles. The molecule has 1 aliphatic rings. The maximum Gasteiger partial charge on any atom is 0.318 e. The number of benzene rings is 1. The number of aromatic amines is 1. The number of amides is 1. The molecule has 26 heavy (non-hydrogen) atoms. The van der Waals surface area contributed by atoms with E-state index in [4.69, 9.17) is 4.42 Å². The third kappa shape index (κ3) is 2.81. The van der Waals surface area contributed by atoms with Crippen LogP contribution in [0.25, 0.3) is 10.9 Å². The third-order valence-electron chi connectivity index (χ3n) is 4.76. The number of aromatic nitrogens is 3. The van der Waals surface area contributed by atoms with Gasteiger partial charge in [-0.05, 0) is 25.1 Å². The number of aryl methyl sites for hydroxylation is 2. The lowest BCUT2D eigenvalue weighted by atomic mass is 10.1. The summed E-state index contributed by atoms with van der Waals surface area (Å²) in [6, 6.07) is 4.96. The van der Waals surface area contributed by atoms with Crippen molar-refractivity contribution in [1.82, 2.24) is 20.1 Å². The van der Waals surface area contributed by atoms with Crippen molar-refractivity contribution in [1.29, 1.82) is 0 Å². The summed E-state index contributed by atoms with van der Waals surface area (Å²) < 4.78 is 19.2. The van der Waals surface area contributed by atoms with Crippen LogP contribution in [-0.4, -0.2) is 52.2 Å². The maximum atomic E-state index is 13.6. The standard InChI is InChI=1S/C18H20FN5O2/c1-3-15-21-22-18(26-15)24-8-6-23(7-9-24)17(25)16-11(2)20-14-5-4-12(19)10-13(14)16/h4-5,10,20H,3,6-9H2,1-2H3. The first-order valence-corrected chi connectivity index (χ1v) is 8.71. The molecule has 0 atom stereocenters. The van der Waals surface area contributed by atoms with Crippen molar-refractivity contribution in [2.75, 3.05) is 31.1 Å². The van der Waals surface area contributed by atoms with E-state index in [0.29, 0.717) is 55.5 Å². The molecule has 7 nitrogen and oxygen atoms in total. The van der Waals surface area contributed by atoms with Crippen molar-refractivity contribution < 1.29 is 13.6 Å². The van der Waals surface area contributed by atoms with E-state index in [1.165, 1.54) is 12.1 Å². The van der Waals surface area contributed by atoms with Crippen LogP contribution in [-0.2, 0) is 6.42 Å². The van der Waals surface area contributed by atoms with Crippen molar-refractivity contribution in [3.63, 3.8) is 0 Å². The van der Waals surface area contributed by atoms with E-state index < -0.39 is 0 Å². The molecule has 0 bridgehead atoms. The highest BCUT2D eigenvalue weighted by molar-refractivity contribution is 6.08. The molecule has 1 aliphatic heterocycles. The molecule has 0 spiro atoms. The van der Waals surface area contributed by atoms with Gasteiger partial charge in [-0.15, -0.1) is 5.10 Å². The quantitative estimate of drug-likeness (QED) is 0.779. The van der Waals surface area contributed by atoms with Crippen molar-refractivity contribution in [2.24, 2.45) is 0 Å². The highest BCUT2D eigenvalue weighted by Crippen LogP contribution is 2.25. The Kier molecular flexibility index (Phi) is 4.10. The maximum absolute atomic E-state index is 13.6. The molecular formula is C18H20FN5O2. The fraction of sp³-hybridized carbons (Fsp3) is 0.389. The third-order valence-corrected chi connectivity index (χ3v) is 4.76. The molecule has 0 unspecified atom stereocenters. The molecule has 1 amide bonds. The van der Waals surface area contributed by atoms with Crippen molar-refractivity contribution >= 4 is 22.8 Å². The van der Waals surface area contributed by atoms with E-state index in [1.807, 2.05) is 18.7 Å². The first-order chi connectivity index (χ1) is 12.6. The zero-order chi connectivity index (χ0) is 18.3. The second-order valence-corrected chi connectivity index (χ2v) is 6.43. The molecule has 1 N–H and O–H groups in total. The largest absolute Gasteiger partial charge is 0.408 e. The molecule has 0 radical (unpaired) electrons. The molecule has 8 heteroatoms. The van der Waals surface area contributed by atoms with Crippen molar-refractivity contribution in [3.8, 4) is 0 Å². The Hall–Kier alpha value is -2.90. The lowest BCUT2D eigenvalue weighted by molar-refractivity contribution is 0.0746. The van der Waals surface area contributed by atoms with Gasteiger partial charge in [0.25, 0.3) is 5.91 Å². The topological polar surface area (TPSA) is 78.3 Å². The number of hydrogen-bond acceptors (Lipinski definition) is 5. The van der Waals surface area contributed by atoms with Gasteiger partial charge in [-0.1, -0.05) is 12.0 Å². The monoisotopic (exact) mass is 357 g/mol. The van der Waals surface area contributed by atoms with Gasteiger partial charge in [0.2, 0.25) is 5.89 Å². The van der Waals surface area contributed by atoms with Gasteiger partial charge in [0.05, 0.1) is 5.56 Å². The summed E-state index contributed by atoms with van der Waals surface area (Å²) in [4.78, 5) is 19.9. The van der Waals surface area contributed by atoms with Gasteiger partial charge in [0.15, 0.2) is 0 Å². The van der Waals surface area contributed by atoms with Crippen LogP contribution in [0, 0.1) is 12.7 Å². The molecule has 3 aromatic rings. The highest BCUT2D eigenvalue weighted by atomic mass is 19.1. The Morgan fingerprint density at radius 3 is 2.73 bits per heavy atom. The Balaban J connectivity index is 1.52. The number of fused-ring (bicyclic) bond motifs is 1. The van der Waals surface area contributed by atoms with E-state index in [1.54, 1.807) is 11.0 Å². The second kappa shape index (κ2) is 6.44. The second-order valence-electron chi connectivity index (χ2n) is 6.43. The summed E-state index contributed by atoms with van der Waals surface area (Å²) in [6.45, 7) is 6.13. The molecule has 1 aromatic carbocycles. The van der Waals surface area contributed by atoms with Crippen molar-refractivity contribution in [3.05, 3.63) is 41.2 Å². The van der Waals surface area contributed by atoms with Gasteiger partial charge >= 0.3 is 6.01 Å². The van der Waals surface area contributed by atoms with E-state index in [0.717, 1.165) is 11.2 Å². The lowest BCUT2D eigenvalue weighted by Crippen LogP contribution is -2.49. The average molecular weight is 357 g/mol. The minimum atomic E-state index is -0.349. The fourth-order valence-corrected chi connectivity index (χ4v) is 3.35. The summed E-state index contributed by atoms with van der Waals surface area (Å²) in [5.74, 6) is 0.173. The van der Waals surface area contributed by atoms with E-state index in [9.17, 15) is 9.18 Å². The molecular weight excluding hydrogens is 337 g/mol. The zero-order valence-corrected chi connectivity index (χ0v) is 14.8. The Bertz CT molecular complexity index is 956. The predicted molar refractivity (Wildman–Crippen MR) is 94.8 cm³/mol. The predicted octanol–water partition coefficient (Wildman–Crippen LogP) is 2.52. The van der Waals surface area contributed by atoms with Crippen LogP contribution in [0.4, 0.5) is 10.4 Å². The van der Waals surface area contributed by atoms with Crippen LogP contribution in [0.3, 0.4) is 0 Å². The van der Waals surface area contributed by atoms with Gasteiger partial charge in [-0.25, -0.2) is 4.39 Å². The first kappa shape index (κ1) is 16.6.